The zero-order valence-electron chi connectivity index (χ0n) is 10.8. The second kappa shape index (κ2) is 5.32. The molecule has 7 heteroatoms. The van der Waals surface area contributed by atoms with Gasteiger partial charge in [0.25, 0.3) is 0 Å². The van der Waals surface area contributed by atoms with Gasteiger partial charge in [0.2, 0.25) is 0 Å². The second-order valence-electron chi connectivity index (χ2n) is 5.18. The number of carbonyl (C=O) groups excluding carboxylic acids is 1. The Balaban J connectivity index is 2.06. The molecule has 0 aliphatic heterocycles. The summed E-state index contributed by atoms with van der Waals surface area (Å²) in [7, 11) is 0. The van der Waals surface area contributed by atoms with E-state index < -0.39 is 34.7 Å². The van der Waals surface area contributed by atoms with Crippen LogP contribution in [0.3, 0.4) is 0 Å². The van der Waals surface area contributed by atoms with E-state index in [0.717, 1.165) is 12.8 Å². The minimum Gasteiger partial charge on any atom is -0.394 e. The molecule has 1 aliphatic carbocycles. The molecule has 0 radical (unpaired) electrons. The Labute approximate surface area is 114 Å². The molecule has 3 N–H and O–H groups in total. The summed E-state index contributed by atoms with van der Waals surface area (Å²) in [5, 5.41) is 14.0. The van der Waals surface area contributed by atoms with Crippen molar-refractivity contribution in [2.24, 2.45) is 5.92 Å². The quantitative estimate of drug-likeness (QED) is 0.745. The maximum Gasteiger partial charge on any atom is 0.319 e. The number of aliphatic hydroxyl groups is 1. The molecule has 0 bridgehead atoms. The Kier molecular flexibility index (Phi) is 3.89. The molecule has 2 rings (SSSR count). The van der Waals surface area contributed by atoms with Crippen LogP contribution in [0.5, 0.6) is 0 Å². The van der Waals surface area contributed by atoms with Crippen LogP contribution in [0, 0.1) is 23.4 Å². The highest BCUT2D eigenvalue weighted by Gasteiger charge is 2.42. The van der Waals surface area contributed by atoms with Gasteiger partial charge in [-0.1, -0.05) is 0 Å². The van der Waals surface area contributed by atoms with Crippen LogP contribution in [0.4, 0.5) is 23.7 Å². The first-order chi connectivity index (χ1) is 9.35. The van der Waals surface area contributed by atoms with Gasteiger partial charge in [0.05, 0.1) is 17.8 Å². The number of carbonyl (C=O) groups is 1. The number of rotatable bonds is 4. The highest BCUT2D eigenvalue weighted by atomic mass is 19.2. The number of nitrogens with one attached hydrogen (secondary N) is 2. The lowest BCUT2D eigenvalue weighted by atomic mass is 9.97. The van der Waals surface area contributed by atoms with Crippen molar-refractivity contribution in [3.8, 4) is 0 Å². The van der Waals surface area contributed by atoms with E-state index in [9.17, 15) is 23.1 Å². The normalized spacial score (nSPS) is 17.4. The molecule has 2 amide bonds. The molecule has 20 heavy (non-hydrogen) atoms. The van der Waals surface area contributed by atoms with Crippen molar-refractivity contribution < 1.29 is 23.1 Å². The van der Waals surface area contributed by atoms with E-state index in [2.05, 4.69) is 10.6 Å². The maximum absolute atomic E-state index is 13.4. The van der Waals surface area contributed by atoms with Gasteiger partial charge in [-0.2, -0.15) is 0 Å². The lowest BCUT2D eigenvalue weighted by Crippen LogP contribution is -2.52. The summed E-state index contributed by atoms with van der Waals surface area (Å²) >= 11 is 0. The summed E-state index contributed by atoms with van der Waals surface area (Å²) < 4.78 is 39.1. The van der Waals surface area contributed by atoms with Crippen molar-refractivity contribution in [3.63, 3.8) is 0 Å². The number of hydrogen-bond acceptors (Lipinski definition) is 2. The van der Waals surface area contributed by atoms with E-state index in [1.54, 1.807) is 6.92 Å². The van der Waals surface area contributed by atoms with Crippen LogP contribution in [0.2, 0.25) is 0 Å². The predicted octanol–water partition coefficient (Wildman–Crippen LogP) is 2.39. The van der Waals surface area contributed by atoms with E-state index >= 15 is 0 Å². The molecule has 1 fully saturated rings. The van der Waals surface area contributed by atoms with Crippen LogP contribution in [0.25, 0.3) is 0 Å². The smallest absolute Gasteiger partial charge is 0.319 e. The maximum atomic E-state index is 13.4. The van der Waals surface area contributed by atoms with Crippen LogP contribution < -0.4 is 10.6 Å². The minimum absolute atomic E-state index is 0.160. The summed E-state index contributed by atoms with van der Waals surface area (Å²) in [5.74, 6) is -3.50. The first-order valence-corrected chi connectivity index (χ1v) is 6.20. The highest BCUT2D eigenvalue weighted by molar-refractivity contribution is 5.90. The van der Waals surface area contributed by atoms with Gasteiger partial charge in [-0.3, -0.25) is 0 Å². The van der Waals surface area contributed by atoms with Crippen molar-refractivity contribution in [1.29, 1.82) is 0 Å². The largest absolute Gasteiger partial charge is 0.394 e. The van der Waals surface area contributed by atoms with Crippen molar-refractivity contribution in [2.45, 2.75) is 25.3 Å². The number of anilines is 1. The first kappa shape index (κ1) is 14.6. The van der Waals surface area contributed by atoms with Gasteiger partial charge in [0, 0.05) is 12.1 Å². The zero-order chi connectivity index (χ0) is 14.9. The van der Waals surface area contributed by atoms with E-state index in [1.807, 2.05) is 0 Å². The third-order valence-corrected chi connectivity index (χ3v) is 3.46. The van der Waals surface area contributed by atoms with Gasteiger partial charge >= 0.3 is 6.03 Å². The van der Waals surface area contributed by atoms with Crippen molar-refractivity contribution >= 4 is 11.7 Å². The van der Waals surface area contributed by atoms with Crippen molar-refractivity contribution in [3.05, 3.63) is 29.6 Å². The Morgan fingerprint density at radius 3 is 2.45 bits per heavy atom. The second-order valence-corrected chi connectivity index (χ2v) is 5.18. The molecule has 0 spiro atoms. The number of amides is 2. The topological polar surface area (TPSA) is 61.4 Å². The van der Waals surface area contributed by atoms with Gasteiger partial charge < -0.3 is 15.7 Å². The van der Waals surface area contributed by atoms with Gasteiger partial charge in [-0.15, -0.1) is 0 Å². The molecule has 1 atom stereocenters. The van der Waals surface area contributed by atoms with Gasteiger partial charge in [0.15, 0.2) is 11.6 Å². The van der Waals surface area contributed by atoms with Gasteiger partial charge in [-0.05, 0) is 25.7 Å². The number of aliphatic hydroxyl groups excluding tert-OH is 1. The number of hydrogen-bond donors (Lipinski definition) is 3. The SMILES string of the molecule is CC(CO)(NC(=O)Nc1cc(F)c(F)cc1F)C1CC1. The number of benzene rings is 1. The molecule has 1 unspecified atom stereocenters. The van der Waals surface area contributed by atoms with Crippen LogP contribution in [-0.4, -0.2) is 23.3 Å². The van der Waals surface area contributed by atoms with E-state index in [0.29, 0.717) is 12.1 Å². The molecule has 0 saturated heterocycles. The zero-order valence-corrected chi connectivity index (χ0v) is 10.8. The standard InChI is InChI=1S/C13H15F3N2O2/c1-13(6-19,7-2-3-7)18-12(20)17-11-5-9(15)8(14)4-10(11)16/h4-5,7,19H,2-3,6H2,1H3,(H2,17,18,20). The summed E-state index contributed by atoms with van der Waals surface area (Å²) in [6.07, 6.45) is 1.77. The Hall–Kier alpha value is -1.76. The predicted molar refractivity (Wildman–Crippen MR) is 66.7 cm³/mol. The summed E-state index contributed by atoms with van der Waals surface area (Å²) in [6, 6.07) is 0.146. The van der Waals surface area contributed by atoms with Crippen LogP contribution in [0.15, 0.2) is 12.1 Å². The Morgan fingerprint density at radius 1 is 1.30 bits per heavy atom. The van der Waals surface area contributed by atoms with E-state index in [-0.39, 0.29) is 12.5 Å². The molecule has 110 valence electrons. The van der Waals surface area contributed by atoms with Crippen LogP contribution >= 0.6 is 0 Å². The van der Waals surface area contributed by atoms with Gasteiger partial charge in [0.1, 0.15) is 5.82 Å². The molecule has 1 aliphatic rings. The van der Waals surface area contributed by atoms with Crippen LogP contribution in [0.1, 0.15) is 19.8 Å². The molecule has 0 heterocycles. The van der Waals surface area contributed by atoms with E-state index in [4.69, 9.17) is 0 Å². The average Bonchev–Trinajstić information content (AvgIpc) is 3.20. The Morgan fingerprint density at radius 2 is 1.90 bits per heavy atom. The Bertz CT molecular complexity index is 535. The summed E-state index contributed by atoms with van der Waals surface area (Å²) in [5.41, 5.74) is -1.27. The third-order valence-electron chi connectivity index (χ3n) is 3.46. The van der Waals surface area contributed by atoms with Crippen molar-refractivity contribution in [1.82, 2.24) is 5.32 Å². The minimum atomic E-state index is -1.33. The molecular weight excluding hydrogens is 273 g/mol. The molecule has 1 aromatic rings. The number of urea groups is 1. The fraction of sp³-hybridized carbons (Fsp3) is 0.462. The summed E-state index contributed by atoms with van der Waals surface area (Å²) in [4.78, 5) is 11.8. The molecule has 1 saturated carbocycles. The van der Waals surface area contributed by atoms with Crippen LogP contribution in [-0.2, 0) is 0 Å². The third kappa shape index (κ3) is 3.04. The highest BCUT2D eigenvalue weighted by Crippen LogP contribution is 2.39. The first-order valence-electron chi connectivity index (χ1n) is 6.20. The van der Waals surface area contributed by atoms with Crippen molar-refractivity contribution in [2.75, 3.05) is 11.9 Å². The number of halogens is 3. The van der Waals surface area contributed by atoms with Gasteiger partial charge in [-0.25, -0.2) is 18.0 Å². The average molecular weight is 288 g/mol. The lowest BCUT2D eigenvalue weighted by Gasteiger charge is -2.28. The summed E-state index contributed by atoms with van der Waals surface area (Å²) in [6.45, 7) is 1.41. The van der Waals surface area contributed by atoms with E-state index in [1.165, 1.54) is 0 Å². The lowest BCUT2D eigenvalue weighted by molar-refractivity contribution is 0.159. The fourth-order valence-electron chi connectivity index (χ4n) is 2.02. The molecule has 0 aromatic heterocycles. The molecule has 1 aromatic carbocycles. The molecular formula is C13H15F3N2O2. The fourth-order valence-corrected chi connectivity index (χ4v) is 2.02. The monoisotopic (exact) mass is 288 g/mol. The molecule has 4 nitrogen and oxygen atoms in total.